The zero-order valence-corrected chi connectivity index (χ0v) is 15.0. The molecule has 0 radical (unpaired) electrons. The maximum atomic E-state index is 12.7. The second kappa shape index (κ2) is 6.59. The molecule has 1 aliphatic heterocycles. The molecule has 1 aliphatic rings. The number of nitrogens with zero attached hydrogens (tertiary/aromatic N) is 1. The van der Waals surface area contributed by atoms with Crippen LogP contribution in [-0.2, 0) is 9.84 Å². The SMILES string of the molecule is CC(C)CS(=O)(=O)C1CCN(C(=O)c2ccc3cc[nH]c3c2)CC1. The number of hydrogen-bond donors (Lipinski definition) is 1. The van der Waals surface area contributed by atoms with Gasteiger partial charge in [0.2, 0.25) is 0 Å². The molecule has 130 valence electrons. The smallest absolute Gasteiger partial charge is 0.253 e. The molecule has 0 unspecified atom stereocenters. The molecule has 0 bridgehead atoms. The summed E-state index contributed by atoms with van der Waals surface area (Å²) in [5, 5.41) is 0.764. The van der Waals surface area contributed by atoms with E-state index in [0.29, 0.717) is 31.5 Å². The van der Waals surface area contributed by atoms with Crippen molar-refractivity contribution in [3.05, 3.63) is 36.0 Å². The maximum Gasteiger partial charge on any atom is 0.253 e. The van der Waals surface area contributed by atoms with E-state index in [2.05, 4.69) is 4.98 Å². The largest absolute Gasteiger partial charge is 0.361 e. The lowest BCUT2D eigenvalue weighted by Crippen LogP contribution is -2.43. The Balaban J connectivity index is 1.66. The van der Waals surface area contributed by atoms with Crippen LogP contribution in [0.15, 0.2) is 30.5 Å². The quantitative estimate of drug-likeness (QED) is 0.923. The van der Waals surface area contributed by atoms with Gasteiger partial charge >= 0.3 is 0 Å². The summed E-state index contributed by atoms with van der Waals surface area (Å²) in [7, 11) is -3.06. The fraction of sp³-hybridized carbons (Fsp3) is 0.500. The summed E-state index contributed by atoms with van der Waals surface area (Å²) in [6.45, 7) is 4.85. The van der Waals surface area contributed by atoms with Gasteiger partial charge in [-0.15, -0.1) is 0 Å². The van der Waals surface area contributed by atoms with Crippen LogP contribution in [0.1, 0.15) is 37.0 Å². The number of piperidine rings is 1. The third-order valence-electron chi connectivity index (χ3n) is 4.60. The Kier molecular flexibility index (Phi) is 4.67. The summed E-state index contributed by atoms with van der Waals surface area (Å²) in [6, 6.07) is 7.59. The highest BCUT2D eigenvalue weighted by atomic mass is 32.2. The van der Waals surface area contributed by atoms with E-state index in [0.717, 1.165) is 10.9 Å². The van der Waals surface area contributed by atoms with Crippen molar-refractivity contribution in [2.75, 3.05) is 18.8 Å². The van der Waals surface area contributed by atoms with Gasteiger partial charge in [-0.1, -0.05) is 19.9 Å². The number of H-pyrrole nitrogens is 1. The molecular weight excluding hydrogens is 324 g/mol. The van der Waals surface area contributed by atoms with E-state index in [-0.39, 0.29) is 22.8 Å². The molecule has 1 aromatic heterocycles. The average Bonchev–Trinajstić information content (AvgIpc) is 3.00. The van der Waals surface area contributed by atoms with Crippen molar-refractivity contribution in [2.24, 2.45) is 5.92 Å². The monoisotopic (exact) mass is 348 g/mol. The number of nitrogens with one attached hydrogen (secondary N) is 1. The number of aromatic nitrogens is 1. The van der Waals surface area contributed by atoms with E-state index in [1.54, 1.807) is 4.90 Å². The topological polar surface area (TPSA) is 70.2 Å². The van der Waals surface area contributed by atoms with Gasteiger partial charge in [0, 0.05) is 30.4 Å². The minimum Gasteiger partial charge on any atom is -0.361 e. The van der Waals surface area contributed by atoms with Crippen LogP contribution in [0, 0.1) is 5.92 Å². The van der Waals surface area contributed by atoms with Crippen LogP contribution in [0.2, 0.25) is 0 Å². The molecule has 24 heavy (non-hydrogen) atoms. The Hall–Kier alpha value is -1.82. The van der Waals surface area contributed by atoms with Crippen molar-refractivity contribution in [1.29, 1.82) is 0 Å². The van der Waals surface area contributed by atoms with Crippen molar-refractivity contribution in [3.63, 3.8) is 0 Å². The lowest BCUT2D eigenvalue weighted by Gasteiger charge is -2.32. The first-order valence-electron chi connectivity index (χ1n) is 8.45. The molecule has 5 nitrogen and oxygen atoms in total. The van der Waals surface area contributed by atoms with E-state index >= 15 is 0 Å². The van der Waals surface area contributed by atoms with Gasteiger partial charge < -0.3 is 9.88 Å². The molecule has 0 saturated carbocycles. The van der Waals surface area contributed by atoms with Crippen LogP contribution in [0.5, 0.6) is 0 Å². The summed E-state index contributed by atoms with van der Waals surface area (Å²) < 4.78 is 24.7. The number of amides is 1. The number of likely N-dealkylation sites (tertiary alicyclic amines) is 1. The molecule has 2 aromatic rings. The Labute approximate surface area is 143 Å². The van der Waals surface area contributed by atoms with Gasteiger partial charge in [0.15, 0.2) is 9.84 Å². The molecule has 1 saturated heterocycles. The molecule has 0 spiro atoms. The lowest BCUT2D eigenvalue weighted by molar-refractivity contribution is 0.0725. The van der Waals surface area contributed by atoms with E-state index in [1.807, 2.05) is 44.3 Å². The summed E-state index contributed by atoms with van der Waals surface area (Å²) in [5.74, 6) is 0.350. The van der Waals surface area contributed by atoms with E-state index in [4.69, 9.17) is 0 Å². The molecule has 1 fully saturated rings. The van der Waals surface area contributed by atoms with E-state index in [9.17, 15) is 13.2 Å². The van der Waals surface area contributed by atoms with Gasteiger partial charge in [0.05, 0.1) is 11.0 Å². The predicted octanol–water partition coefficient (Wildman–Crippen LogP) is 2.84. The number of rotatable bonds is 4. The molecule has 2 heterocycles. The van der Waals surface area contributed by atoms with Gasteiger partial charge in [-0.2, -0.15) is 0 Å². The maximum absolute atomic E-state index is 12.7. The third kappa shape index (κ3) is 3.48. The Bertz CT molecular complexity index is 831. The second-order valence-corrected chi connectivity index (χ2v) is 9.32. The van der Waals surface area contributed by atoms with Crippen molar-refractivity contribution in [2.45, 2.75) is 31.9 Å². The third-order valence-corrected chi connectivity index (χ3v) is 7.22. The molecule has 6 heteroatoms. The number of carbonyl (C=O) groups excluding carboxylic acids is 1. The van der Waals surface area contributed by atoms with Crippen LogP contribution in [0.4, 0.5) is 0 Å². The molecule has 0 aliphatic carbocycles. The Morgan fingerprint density at radius 3 is 2.62 bits per heavy atom. The second-order valence-electron chi connectivity index (χ2n) is 6.99. The molecular formula is C18H24N2O3S. The van der Waals surface area contributed by atoms with Crippen LogP contribution < -0.4 is 0 Å². The summed E-state index contributed by atoms with van der Waals surface area (Å²) in [5.41, 5.74) is 1.59. The molecule has 1 amide bonds. The molecule has 0 atom stereocenters. The van der Waals surface area contributed by atoms with Crippen LogP contribution in [0.3, 0.4) is 0 Å². The van der Waals surface area contributed by atoms with Crippen LogP contribution in [0.25, 0.3) is 10.9 Å². The van der Waals surface area contributed by atoms with E-state index in [1.165, 1.54) is 0 Å². The first-order chi connectivity index (χ1) is 11.4. The average molecular weight is 348 g/mol. The lowest BCUT2D eigenvalue weighted by atomic mass is 10.1. The number of aromatic amines is 1. The minimum atomic E-state index is -3.06. The zero-order valence-electron chi connectivity index (χ0n) is 14.2. The highest BCUT2D eigenvalue weighted by Crippen LogP contribution is 2.22. The van der Waals surface area contributed by atoms with Crippen LogP contribution >= 0.6 is 0 Å². The van der Waals surface area contributed by atoms with Gasteiger partial charge in [-0.3, -0.25) is 4.79 Å². The number of carbonyl (C=O) groups is 1. The first kappa shape index (κ1) is 17.0. The highest BCUT2D eigenvalue weighted by Gasteiger charge is 2.32. The van der Waals surface area contributed by atoms with Crippen molar-refractivity contribution < 1.29 is 13.2 Å². The highest BCUT2D eigenvalue weighted by molar-refractivity contribution is 7.92. The van der Waals surface area contributed by atoms with Gasteiger partial charge in [0.25, 0.3) is 5.91 Å². The van der Waals surface area contributed by atoms with Gasteiger partial charge in [-0.05, 0) is 42.3 Å². The fourth-order valence-corrected chi connectivity index (χ4v) is 5.51. The van der Waals surface area contributed by atoms with Gasteiger partial charge in [-0.25, -0.2) is 8.42 Å². The minimum absolute atomic E-state index is 0.0220. The summed E-state index contributed by atoms with van der Waals surface area (Å²) >= 11 is 0. The van der Waals surface area contributed by atoms with Crippen molar-refractivity contribution >= 4 is 26.6 Å². The Morgan fingerprint density at radius 1 is 1.25 bits per heavy atom. The fourth-order valence-electron chi connectivity index (χ4n) is 3.38. The first-order valence-corrected chi connectivity index (χ1v) is 10.2. The zero-order chi connectivity index (χ0) is 17.3. The van der Waals surface area contributed by atoms with Gasteiger partial charge in [0.1, 0.15) is 0 Å². The van der Waals surface area contributed by atoms with Crippen molar-refractivity contribution in [3.8, 4) is 0 Å². The normalized spacial score (nSPS) is 16.9. The number of hydrogen-bond acceptors (Lipinski definition) is 3. The number of benzene rings is 1. The van der Waals surface area contributed by atoms with E-state index < -0.39 is 9.84 Å². The summed E-state index contributed by atoms with van der Waals surface area (Å²) in [6.07, 6.45) is 2.92. The number of sulfone groups is 1. The summed E-state index contributed by atoms with van der Waals surface area (Å²) in [4.78, 5) is 17.5. The molecule has 3 rings (SSSR count). The van der Waals surface area contributed by atoms with Crippen molar-refractivity contribution in [1.82, 2.24) is 9.88 Å². The molecule has 1 N–H and O–H groups in total. The van der Waals surface area contributed by atoms with Crippen LogP contribution in [-0.4, -0.2) is 48.3 Å². The predicted molar refractivity (Wildman–Crippen MR) is 95.8 cm³/mol. The standard InChI is InChI=1S/C18H24N2O3S/c1-13(2)12-24(22,23)16-6-9-20(10-7-16)18(21)15-4-3-14-5-8-19-17(14)11-15/h3-5,8,11,13,16,19H,6-7,9-10,12H2,1-2H3. The Morgan fingerprint density at radius 2 is 1.96 bits per heavy atom. The number of fused-ring (bicyclic) bond motifs is 1. The molecule has 1 aromatic carbocycles.